The van der Waals surface area contributed by atoms with Crippen LogP contribution in [0, 0.1) is 4.77 Å². The van der Waals surface area contributed by atoms with Crippen LogP contribution in [0.5, 0.6) is 0 Å². The summed E-state index contributed by atoms with van der Waals surface area (Å²) in [6.07, 6.45) is 6.58. The van der Waals surface area contributed by atoms with E-state index in [0.29, 0.717) is 12.6 Å². The standard InChI is InChI=1S/C19H21N5S2/c1-3-9-23-18(15-5-4-8-20-12-15)21-24(19(23)25)13-22-10-6-17-16(14(22)2)7-11-26-17/h3-5,7-8,11-12,14H,1,6,9-10,13H2,2H3/p+1/t14-/m0/s1. The summed E-state index contributed by atoms with van der Waals surface area (Å²) < 4.78 is 4.73. The van der Waals surface area contributed by atoms with Gasteiger partial charge in [-0.25, -0.2) is 0 Å². The lowest BCUT2D eigenvalue weighted by Gasteiger charge is -2.30. The Labute approximate surface area is 162 Å². The van der Waals surface area contributed by atoms with Crippen molar-refractivity contribution >= 4 is 23.6 Å². The first-order chi connectivity index (χ1) is 12.7. The van der Waals surface area contributed by atoms with Crippen LogP contribution in [0.3, 0.4) is 0 Å². The van der Waals surface area contributed by atoms with Crippen LogP contribution in [0.4, 0.5) is 0 Å². The van der Waals surface area contributed by atoms with Crippen LogP contribution < -0.4 is 4.90 Å². The number of rotatable bonds is 5. The van der Waals surface area contributed by atoms with Crippen molar-refractivity contribution < 1.29 is 4.90 Å². The fourth-order valence-corrected chi connectivity index (χ4v) is 4.85. The van der Waals surface area contributed by atoms with E-state index < -0.39 is 0 Å². The number of pyridine rings is 1. The number of nitrogens with one attached hydrogen (secondary N) is 1. The second-order valence-corrected chi connectivity index (χ2v) is 7.95. The van der Waals surface area contributed by atoms with Crippen molar-refractivity contribution in [2.24, 2.45) is 0 Å². The average Bonchev–Trinajstić information content (AvgIpc) is 3.26. The molecule has 0 fully saturated rings. The van der Waals surface area contributed by atoms with Gasteiger partial charge in [0.25, 0.3) is 0 Å². The van der Waals surface area contributed by atoms with Crippen LogP contribution in [0.2, 0.25) is 0 Å². The summed E-state index contributed by atoms with van der Waals surface area (Å²) in [6.45, 7) is 8.68. The second kappa shape index (κ2) is 7.26. The first kappa shape index (κ1) is 17.3. The third kappa shape index (κ3) is 3.06. The molecule has 1 aliphatic rings. The van der Waals surface area contributed by atoms with Gasteiger partial charge in [-0.15, -0.1) is 23.0 Å². The van der Waals surface area contributed by atoms with Gasteiger partial charge in [-0.3, -0.25) is 9.55 Å². The van der Waals surface area contributed by atoms with E-state index in [1.165, 1.54) is 15.3 Å². The molecule has 1 unspecified atom stereocenters. The quantitative estimate of drug-likeness (QED) is 0.543. The van der Waals surface area contributed by atoms with E-state index in [9.17, 15) is 0 Å². The van der Waals surface area contributed by atoms with E-state index in [0.717, 1.165) is 35.8 Å². The first-order valence-electron chi connectivity index (χ1n) is 8.79. The predicted molar refractivity (Wildman–Crippen MR) is 107 cm³/mol. The van der Waals surface area contributed by atoms with Gasteiger partial charge in [-0.1, -0.05) is 6.08 Å². The molecular weight excluding hydrogens is 362 g/mol. The fraction of sp³-hybridized carbons (Fsp3) is 0.316. The Bertz CT molecular complexity index is 969. The highest BCUT2D eigenvalue weighted by atomic mass is 32.1. The van der Waals surface area contributed by atoms with Crippen LogP contribution in [0.1, 0.15) is 23.4 Å². The monoisotopic (exact) mass is 384 g/mol. The minimum atomic E-state index is 0.457. The summed E-state index contributed by atoms with van der Waals surface area (Å²) in [6, 6.07) is 6.66. The van der Waals surface area contributed by atoms with Crippen molar-refractivity contribution in [1.29, 1.82) is 0 Å². The van der Waals surface area contributed by atoms with Gasteiger partial charge in [0.2, 0.25) is 4.77 Å². The van der Waals surface area contributed by atoms with Crippen molar-refractivity contribution in [2.75, 3.05) is 6.54 Å². The number of nitrogens with zero attached hydrogens (tertiary/aromatic N) is 4. The van der Waals surface area contributed by atoms with Gasteiger partial charge in [0, 0.05) is 41.4 Å². The van der Waals surface area contributed by atoms with Crippen LogP contribution in [0.25, 0.3) is 11.4 Å². The molecule has 0 bridgehead atoms. The van der Waals surface area contributed by atoms with Gasteiger partial charge >= 0.3 is 0 Å². The van der Waals surface area contributed by atoms with E-state index in [-0.39, 0.29) is 0 Å². The lowest BCUT2D eigenvalue weighted by Crippen LogP contribution is -3.12. The average molecular weight is 385 g/mol. The molecule has 0 aromatic carbocycles. The number of hydrogen-bond acceptors (Lipinski definition) is 4. The number of aromatic nitrogens is 4. The molecule has 1 N–H and O–H groups in total. The van der Waals surface area contributed by atoms with Gasteiger partial charge in [0.15, 0.2) is 12.5 Å². The molecular formula is C19H22N5S2+. The summed E-state index contributed by atoms with van der Waals surface area (Å²) in [7, 11) is 0. The topological polar surface area (TPSA) is 40.1 Å². The first-order valence-corrected chi connectivity index (χ1v) is 10.1. The minimum Gasteiger partial charge on any atom is -0.310 e. The third-order valence-corrected chi connectivity index (χ3v) is 6.47. The summed E-state index contributed by atoms with van der Waals surface area (Å²) in [4.78, 5) is 7.24. The summed E-state index contributed by atoms with van der Waals surface area (Å²) in [5.74, 6) is 0.850. The normalized spacial score (nSPS) is 19.3. The van der Waals surface area contributed by atoms with Crippen molar-refractivity contribution in [1.82, 2.24) is 19.3 Å². The molecule has 1 aliphatic heterocycles. The highest BCUT2D eigenvalue weighted by Gasteiger charge is 2.29. The number of fused-ring (bicyclic) bond motifs is 1. The molecule has 0 aliphatic carbocycles. The Balaban J connectivity index is 1.67. The van der Waals surface area contributed by atoms with Crippen molar-refractivity contribution in [3.63, 3.8) is 0 Å². The summed E-state index contributed by atoms with van der Waals surface area (Å²) in [5, 5.41) is 7.04. The Morgan fingerprint density at radius 1 is 1.46 bits per heavy atom. The van der Waals surface area contributed by atoms with Crippen molar-refractivity contribution in [3.8, 4) is 11.4 Å². The SMILES string of the molecule is C=CCn1c(-c2cccnc2)nn(C[NH+]2CCc3sccc3[C@@H]2C)c1=S. The second-order valence-electron chi connectivity index (χ2n) is 6.58. The smallest absolute Gasteiger partial charge is 0.203 e. The predicted octanol–water partition coefficient (Wildman–Crippen LogP) is 2.88. The third-order valence-electron chi connectivity index (χ3n) is 5.04. The molecule has 7 heteroatoms. The van der Waals surface area contributed by atoms with Crippen LogP contribution in [0.15, 0.2) is 48.6 Å². The maximum Gasteiger partial charge on any atom is 0.203 e. The Morgan fingerprint density at radius 2 is 2.35 bits per heavy atom. The number of allylic oxidation sites excluding steroid dienone is 1. The number of thiophene rings is 1. The molecule has 0 radical (unpaired) electrons. The fourth-order valence-electron chi connectivity index (χ4n) is 3.60. The summed E-state index contributed by atoms with van der Waals surface area (Å²) in [5.41, 5.74) is 2.45. The highest BCUT2D eigenvalue weighted by molar-refractivity contribution is 7.71. The minimum absolute atomic E-state index is 0.457. The van der Waals surface area contributed by atoms with E-state index in [4.69, 9.17) is 17.3 Å². The zero-order chi connectivity index (χ0) is 18.1. The van der Waals surface area contributed by atoms with Crippen LogP contribution in [-0.4, -0.2) is 25.9 Å². The molecule has 3 aromatic rings. The number of hydrogen-bond donors (Lipinski definition) is 1. The Kier molecular flexibility index (Phi) is 4.84. The van der Waals surface area contributed by atoms with Gasteiger partial charge in [0.1, 0.15) is 6.04 Å². The highest BCUT2D eigenvalue weighted by Crippen LogP contribution is 2.25. The molecule has 0 spiro atoms. The lowest BCUT2D eigenvalue weighted by molar-refractivity contribution is -0.954. The largest absolute Gasteiger partial charge is 0.310 e. The Hall–Kier alpha value is -2.09. The molecule has 4 heterocycles. The van der Waals surface area contributed by atoms with E-state index in [1.54, 1.807) is 6.20 Å². The molecule has 4 rings (SSSR count). The van der Waals surface area contributed by atoms with Crippen LogP contribution in [-0.2, 0) is 19.6 Å². The molecule has 2 atom stereocenters. The lowest BCUT2D eigenvalue weighted by atomic mass is 10.0. The van der Waals surface area contributed by atoms with Gasteiger partial charge in [0.05, 0.1) is 6.54 Å². The van der Waals surface area contributed by atoms with E-state index in [2.05, 4.69) is 29.9 Å². The van der Waals surface area contributed by atoms with Crippen molar-refractivity contribution in [3.05, 3.63) is 63.8 Å². The van der Waals surface area contributed by atoms with E-state index >= 15 is 0 Å². The Morgan fingerprint density at radius 3 is 3.12 bits per heavy atom. The van der Waals surface area contributed by atoms with E-state index in [1.807, 2.05) is 45.0 Å². The number of quaternary nitrogens is 1. The maximum absolute atomic E-state index is 5.73. The molecule has 26 heavy (non-hydrogen) atoms. The van der Waals surface area contributed by atoms with Gasteiger partial charge in [-0.2, -0.15) is 4.68 Å². The zero-order valence-corrected chi connectivity index (χ0v) is 16.4. The van der Waals surface area contributed by atoms with Gasteiger partial charge < -0.3 is 4.90 Å². The zero-order valence-electron chi connectivity index (χ0n) is 14.8. The molecule has 134 valence electrons. The summed E-state index contributed by atoms with van der Waals surface area (Å²) >= 11 is 7.60. The molecule has 0 saturated carbocycles. The van der Waals surface area contributed by atoms with Crippen molar-refractivity contribution in [2.45, 2.75) is 32.6 Å². The van der Waals surface area contributed by atoms with Gasteiger partial charge in [-0.05, 0) is 42.7 Å². The van der Waals surface area contributed by atoms with Crippen LogP contribution >= 0.6 is 23.6 Å². The molecule has 5 nitrogen and oxygen atoms in total. The molecule has 3 aromatic heterocycles. The maximum atomic E-state index is 5.73. The molecule has 0 saturated heterocycles. The molecule has 0 amide bonds.